The van der Waals surface area contributed by atoms with Crippen molar-refractivity contribution in [1.82, 2.24) is 10.2 Å². The van der Waals surface area contributed by atoms with Gasteiger partial charge in [-0.2, -0.15) is 5.10 Å². The van der Waals surface area contributed by atoms with Crippen molar-refractivity contribution >= 4 is 27.9 Å². The van der Waals surface area contributed by atoms with Crippen LogP contribution in [0.3, 0.4) is 0 Å². The molecule has 4 aromatic rings. The van der Waals surface area contributed by atoms with Gasteiger partial charge >= 0.3 is 0 Å². The van der Waals surface area contributed by atoms with Gasteiger partial charge in [0.25, 0.3) is 0 Å². The molecule has 2 heterocycles. The molecule has 0 saturated heterocycles. The number of thiophene rings is 1. The fraction of sp³-hybridized carbons (Fsp3) is 0.136. The Kier molecular flexibility index (Phi) is 4.54. The molecule has 0 spiro atoms. The van der Waals surface area contributed by atoms with Crippen LogP contribution in [0.5, 0.6) is 5.75 Å². The maximum absolute atomic E-state index is 9.87. The van der Waals surface area contributed by atoms with Gasteiger partial charge in [0.1, 0.15) is 5.75 Å². The van der Waals surface area contributed by atoms with Crippen LogP contribution in [0.15, 0.2) is 54.6 Å². The third-order valence-corrected chi connectivity index (χ3v) is 5.94. The molecule has 5 heteroatoms. The molecule has 2 aromatic carbocycles. The monoisotopic (exact) mass is 374 g/mol. The number of rotatable bonds is 4. The molecule has 27 heavy (non-hydrogen) atoms. The van der Waals surface area contributed by atoms with Crippen molar-refractivity contribution in [2.45, 2.75) is 19.9 Å². The molecule has 4 nitrogen and oxygen atoms in total. The van der Waals surface area contributed by atoms with Gasteiger partial charge in [0, 0.05) is 20.5 Å². The summed E-state index contributed by atoms with van der Waals surface area (Å²) in [6, 6.07) is 17.7. The number of hydrogen-bond donors (Lipinski definition) is 2. The third-order valence-electron chi connectivity index (χ3n) is 4.64. The molecule has 0 unspecified atom stereocenters. The van der Waals surface area contributed by atoms with E-state index in [2.05, 4.69) is 47.6 Å². The van der Waals surface area contributed by atoms with Crippen molar-refractivity contribution in [3.05, 3.63) is 77.7 Å². The standard InChI is InChI=1S/C22H20N3OS/c1-13-6-4-5-7-17(13)21-11-10-20(27-21)15(3)23-22-19-12-16(26)8-9-18(19)14(2)24-25-22/h4-12,15,26H,1H2,2-3H3,(H,23,25)/t15-/m1/s1. The van der Waals surface area contributed by atoms with E-state index in [1.807, 2.05) is 31.2 Å². The average Bonchev–Trinajstić information content (AvgIpc) is 3.14. The first-order valence-corrected chi connectivity index (χ1v) is 9.58. The largest absolute Gasteiger partial charge is 0.508 e. The van der Waals surface area contributed by atoms with E-state index in [0.29, 0.717) is 5.82 Å². The lowest BCUT2D eigenvalue weighted by Crippen LogP contribution is -2.08. The van der Waals surface area contributed by atoms with E-state index in [4.69, 9.17) is 0 Å². The minimum Gasteiger partial charge on any atom is -0.508 e. The summed E-state index contributed by atoms with van der Waals surface area (Å²) in [5, 5.41) is 23.7. The van der Waals surface area contributed by atoms with Gasteiger partial charge in [-0.15, -0.1) is 16.4 Å². The van der Waals surface area contributed by atoms with Crippen LogP contribution in [0.25, 0.3) is 21.2 Å². The lowest BCUT2D eigenvalue weighted by Gasteiger charge is -2.15. The number of hydrogen-bond acceptors (Lipinski definition) is 5. The van der Waals surface area contributed by atoms with Crippen molar-refractivity contribution in [3.63, 3.8) is 0 Å². The average molecular weight is 374 g/mol. The van der Waals surface area contributed by atoms with E-state index in [0.717, 1.165) is 27.6 Å². The maximum atomic E-state index is 9.87. The molecular weight excluding hydrogens is 354 g/mol. The molecule has 0 aliphatic carbocycles. The number of nitrogens with one attached hydrogen (secondary N) is 1. The summed E-state index contributed by atoms with van der Waals surface area (Å²) >= 11 is 1.74. The second kappa shape index (κ2) is 7.00. The van der Waals surface area contributed by atoms with Gasteiger partial charge < -0.3 is 10.4 Å². The number of anilines is 1. The molecule has 4 rings (SSSR count). The summed E-state index contributed by atoms with van der Waals surface area (Å²) in [7, 11) is 0. The molecule has 0 saturated carbocycles. The first kappa shape index (κ1) is 17.5. The third kappa shape index (κ3) is 3.38. The molecule has 0 amide bonds. The Bertz CT molecular complexity index is 1120. The van der Waals surface area contributed by atoms with Gasteiger partial charge in [-0.05, 0) is 62.2 Å². The van der Waals surface area contributed by atoms with Crippen LogP contribution in [0.1, 0.15) is 29.1 Å². The fourth-order valence-electron chi connectivity index (χ4n) is 3.15. The van der Waals surface area contributed by atoms with Crippen molar-refractivity contribution in [2.24, 2.45) is 0 Å². The van der Waals surface area contributed by atoms with Crippen LogP contribution in [0.2, 0.25) is 0 Å². The Hall–Kier alpha value is -2.92. The van der Waals surface area contributed by atoms with Gasteiger partial charge in [-0.1, -0.05) is 24.3 Å². The Morgan fingerprint density at radius 1 is 1.04 bits per heavy atom. The molecule has 0 aliphatic rings. The number of benzene rings is 2. The van der Waals surface area contributed by atoms with Gasteiger partial charge in [0.05, 0.1) is 11.7 Å². The highest BCUT2D eigenvalue weighted by molar-refractivity contribution is 7.15. The van der Waals surface area contributed by atoms with E-state index >= 15 is 0 Å². The highest BCUT2D eigenvalue weighted by atomic mass is 32.1. The summed E-state index contributed by atoms with van der Waals surface area (Å²) in [6.07, 6.45) is 0. The first-order valence-electron chi connectivity index (χ1n) is 8.76. The fourth-order valence-corrected chi connectivity index (χ4v) is 4.22. The first-order chi connectivity index (χ1) is 13.0. The molecule has 0 bridgehead atoms. The van der Waals surface area contributed by atoms with E-state index in [1.165, 1.54) is 9.75 Å². The molecule has 0 aliphatic heterocycles. The number of phenols is 1. The highest BCUT2D eigenvalue weighted by Crippen LogP contribution is 2.35. The molecule has 1 atom stereocenters. The number of aryl methyl sites for hydroxylation is 1. The predicted octanol–water partition coefficient (Wildman–Crippen LogP) is 5.73. The lowest BCUT2D eigenvalue weighted by molar-refractivity contribution is 0.476. The second-order valence-electron chi connectivity index (χ2n) is 6.59. The minimum absolute atomic E-state index is 0.0586. The molecular formula is C22H20N3OS. The Balaban J connectivity index is 1.65. The van der Waals surface area contributed by atoms with E-state index in [-0.39, 0.29) is 11.8 Å². The number of aromatic hydroxyl groups is 1. The number of nitrogens with zero attached hydrogens (tertiary/aromatic N) is 2. The normalized spacial score (nSPS) is 12.3. The summed E-state index contributed by atoms with van der Waals surface area (Å²) < 4.78 is 0. The highest BCUT2D eigenvalue weighted by Gasteiger charge is 2.14. The Morgan fingerprint density at radius 3 is 2.67 bits per heavy atom. The molecule has 2 N–H and O–H groups in total. The lowest BCUT2D eigenvalue weighted by atomic mass is 10.1. The van der Waals surface area contributed by atoms with Crippen molar-refractivity contribution in [1.29, 1.82) is 0 Å². The van der Waals surface area contributed by atoms with Crippen molar-refractivity contribution < 1.29 is 5.11 Å². The quantitative estimate of drug-likeness (QED) is 0.479. The Morgan fingerprint density at radius 2 is 1.85 bits per heavy atom. The molecule has 1 radical (unpaired) electrons. The smallest absolute Gasteiger partial charge is 0.157 e. The number of aromatic nitrogens is 2. The van der Waals surface area contributed by atoms with Gasteiger partial charge in [0.2, 0.25) is 0 Å². The van der Waals surface area contributed by atoms with Crippen LogP contribution >= 0.6 is 11.3 Å². The van der Waals surface area contributed by atoms with Crippen LogP contribution in [0, 0.1) is 13.8 Å². The van der Waals surface area contributed by atoms with Gasteiger partial charge in [0.15, 0.2) is 5.82 Å². The summed E-state index contributed by atoms with van der Waals surface area (Å²) in [4.78, 5) is 2.39. The summed E-state index contributed by atoms with van der Waals surface area (Å²) in [5.74, 6) is 0.891. The van der Waals surface area contributed by atoms with Crippen molar-refractivity contribution in [2.75, 3.05) is 5.32 Å². The van der Waals surface area contributed by atoms with Gasteiger partial charge in [-0.3, -0.25) is 0 Å². The van der Waals surface area contributed by atoms with Gasteiger partial charge in [-0.25, -0.2) is 0 Å². The van der Waals surface area contributed by atoms with Crippen LogP contribution in [0.4, 0.5) is 5.82 Å². The summed E-state index contributed by atoms with van der Waals surface area (Å²) in [5.41, 5.74) is 3.03. The summed E-state index contributed by atoms with van der Waals surface area (Å²) in [6.45, 7) is 8.14. The predicted molar refractivity (Wildman–Crippen MR) is 112 cm³/mol. The number of phenolic OH excluding ortho intramolecular Hbond substituents is 1. The van der Waals surface area contributed by atoms with E-state index < -0.39 is 0 Å². The maximum Gasteiger partial charge on any atom is 0.157 e. The van der Waals surface area contributed by atoms with E-state index in [9.17, 15) is 5.11 Å². The molecule has 135 valence electrons. The minimum atomic E-state index is 0.0586. The second-order valence-corrected chi connectivity index (χ2v) is 7.70. The number of fused-ring (bicyclic) bond motifs is 1. The zero-order valence-corrected chi connectivity index (χ0v) is 16.0. The van der Waals surface area contributed by atoms with Crippen molar-refractivity contribution in [3.8, 4) is 16.2 Å². The van der Waals surface area contributed by atoms with Crippen LogP contribution in [-0.4, -0.2) is 15.3 Å². The topological polar surface area (TPSA) is 58.0 Å². The molecule has 2 aromatic heterocycles. The van der Waals surface area contributed by atoms with Crippen LogP contribution < -0.4 is 5.32 Å². The zero-order chi connectivity index (χ0) is 19.0. The van der Waals surface area contributed by atoms with E-state index in [1.54, 1.807) is 23.5 Å². The molecule has 0 fully saturated rings. The SMILES string of the molecule is [CH2]c1ccccc1-c1ccc([C@@H](C)Nc2nnc(C)c3ccc(O)cc23)s1. The van der Waals surface area contributed by atoms with Crippen LogP contribution in [-0.2, 0) is 0 Å². The Labute approximate surface area is 162 Å². The zero-order valence-electron chi connectivity index (χ0n) is 15.2.